The van der Waals surface area contributed by atoms with E-state index in [0.717, 1.165) is 10.4 Å². The number of rotatable bonds is 6. The van der Waals surface area contributed by atoms with Crippen molar-refractivity contribution in [1.82, 2.24) is 4.31 Å². The second-order valence-corrected chi connectivity index (χ2v) is 9.75. The minimum Gasteiger partial charge on any atom is -0.492 e. The van der Waals surface area contributed by atoms with Crippen LogP contribution < -0.4 is 10.1 Å². The van der Waals surface area contributed by atoms with Crippen molar-refractivity contribution in [3.05, 3.63) is 52.8 Å². The van der Waals surface area contributed by atoms with Crippen molar-refractivity contribution >= 4 is 33.2 Å². The molecule has 12 heteroatoms. The molecule has 1 atom stereocenters. The fourth-order valence-electron chi connectivity index (χ4n) is 3.50. The summed E-state index contributed by atoms with van der Waals surface area (Å²) in [6.07, 6.45) is -4.20. The Hall–Kier alpha value is -2.37. The van der Waals surface area contributed by atoms with Crippen molar-refractivity contribution in [1.29, 1.82) is 0 Å². The van der Waals surface area contributed by atoms with Crippen LogP contribution in [-0.4, -0.2) is 38.3 Å². The molecule has 2 aromatic rings. The van der Waals surface area contributed by atoms with Crippen molar-refractivity contribution in [3.63, 3.8) is 0 Å². The molecule has 0 radical (unpaired) electrons. The highest BCUT2D eigenvalue weighted by Crippen LogP contribution is 2.34. The molecule has 3 rings (SSSR count). The van der Waals surface area contributed by atoms with Crippen LogP contribution in [-0.2, 0) is 21.0 Å². The third-order valence-electron chi connectivity index (χ3n) is 5.14. The van der Waals surface area contributed by atoms with Gasteiger partial charge in [-0.1, -0.05) is 11.6 Å². The number of hydrogen-bond donors (Lipinski definition) is 1. The molecule has 0 aromatic heterocycles. The van der Waals surface area contributed by atoms with Gasteiger partial charge in [-0.05, 0) is 56.2 Å². The predicted octanol–water partition coefficient (Wildman–Crippen LogP) is 4.94. The van der Waals surface area contributed by atoms with Crippen molar-refractivity contribution in [2.24, 2.45) is 5.92 Å². The molecule has 1 aliphatic heterocycles. The van der Waals surface area contributed by atoms with Gasteiger partial charge in [-0.25, -0.2) is 12.8 Å². The van der Waals surface area contributed by atoms with Crippen LogP contribution in [0.3, 0.4) is 0 Å². The van der Waals surface area contributed by atoms with Gasteiger partial charge in [0, 0.05) is 18.8 Å². The summed E-state index contributed by atoms with van der Waals surface area (Å²) in [5.41, 5.74) is -1.73. The average molecular weight is 509 g/mol. The smallest absolute Gasteiger partial charge is 0.419 e. The third kappa shape index (κ3) is 5.77. The average Bonchev–Trinajstić information content (AvgIpc) is 2.76. The lowest BCUT2D eigenvalue weighted by Gasteiger charge is -2.31. The summed E-state index contributed by atoms with van der Waals surface area (Å²) in [5, 5.41) is 2.45. The summed E-state index contributed by atoms with van der Waals surface area (Å²) in [6, 6.07) is 6.20. The molecule has 1 aliphatic rings. The van der Waals surface area contributed by atoms with Crippen LogP contribution in [0.25, 0.3) is 0 Å². The Labute approximate surface area is 193 Å². The molecular formula is C21H21ClF4N2O4S. The fraction of sp³-hybridized carbons (Fsp3) is 0.381. The SMILES string of the molecule is CCOc1ccc(S(=O)(=O)N2CCC[C@@H](C(=O)Nc3ccc(F)c(C(F)(F)F)c3)C2)cc1Cl. The van der Waals surface area contributed by atoms with Gasteiger partial charge in [0.05, 0.1) is 28.0 Å². The zero-order valence-electron chi connectivity index (χ0n) is 17.5. The Kier molecular flexibility index (Phi) is 7.55. The van der Waals surface area contributed by atoms with E-state index >= 15 is 0 Å². The highest BCUT2D eigenvalue weighted by molar-refractivity contribution is 7.89. The Balaban J connectivity index is 1.75. The van der Waals surface area contributed by atoms with Crippen LogP contribution in [0.4, 0.5) is 23.2 Å². The van der Waals surface area contributed by atoms with Gasteiger partial charge in [0.2, 0.25) is 15.9 Å². The van der Waals surface area contributed by atoms with E-state index in [2.05, 4.69) is 5.32 Å². The third-order valence-corrected chi connectivity index (χ3v) is 7.29. The fourth-order valence-corrected chi connectivity index (χ4v) is 5.35. The van der Waals surface area contributed by atoms with Gasteiger partial charge in [-0.2, -0.15) is 17.5 Å². The molecule has 0 spiro atoms. The molecule has 1 saturated heterocycles. The van der Waals surface area contributed by atoms with E-state index in [-0.39, 0.29) is 28.7 Å². The minimum atomic E-state index is -4.92. The largest absolute Gasteiger partial charge is 0.492 e. The van der Waals surface area contributed by atoms with Gasteiger partial charge < -0.3 is 10.1 Å². The molecule has 0 saturated carbocycles. The molecule has 1 amide bonds. The molecule has 1 N–H and O–H groups in total. The zero-order valence-corrected chi connectivity index (χ0v) is 19.0. The van der Waals surface area contributed by atoms with Crippen LogP contribution in [0.2, 0.25) is 5.02 Å². The highest BCUT2D eigenvalue weighted by Gasteiger charge is 2.36. The normalized spacial score (nSPS) is 17.6. The molecule has 0 unspecified atom stereocenters. The van der Waals surface area contributed by atoms with Crippen LogP contribution in [0.5, 0.6) is 5.75 Å². The van der Waals surface area contributed by atoms with Crippen LogP contribution >= 0.6 is 11.6 Å². The molecular weight excluding hydrogens is 488 g/mol. The maximum atomic E-state index is 13.5. The first-order chi connectivity index (χ1) is 15.4. The summed E-state index contributed by atoms with van der Waals surface area (Å²) < 4.78 is 84.8. The first kappa shape index (κ1) is 25.3. The number of alkyl halides is 3. The van der Waals surface area contributed by atoms with Crippen molar-refractivity contribution in [2.75, 3.05) is 25.0 Å². The Morgan fingerprint density at radius 2 is 1.97 bits per heavy atom. The van der Waals surface area contributed by atoms with Gasteiger partial charge in [0.15, 0.2) is 0 Å². The number of nitrogens with zero attached hydrogens (tertiary/aromatic N) is 1. The minimum absolute atomic E-state index is 0.0645. The first-order valence-corrected chi connectivity index (χ1v) is 11.9. The molecule has 0 bridgehead atoms. The first-order valence-electron chi connectivity index (χ1n) is 10.0. The monoisotopic (exact) mass is 508 g/mol. The maximum absolute atomic E-state index is 13.5. The zero-order chi connectivity index (χ0) is 24.4. The van der Waals surface area contributed by atoms with Crippen molar-refractivity contribution < 1.29 is 35.5 Å². The number of carbonyl (C=O) groups is 1. The van der Waals surface area contributed by atoms with E-state index in [1.54, 1.807) is 6.92 Å². The Morgan fingerprint density at radius 3 is 2.61 bits per heavy atom. The number of amides is 1. The van der Waals surface area contributed by atoms with Crippen LogP contribution in [0.1, 0.15) is 25.3 Å². The van der Waals surface area contributed by atoms with E-state index in [9.17, 15) is 30.8 Å². The van der Waals surface area contributed by atoms with Gasteiger partial charge >= 0.3 is 6.18 Å². The molecule has 1 heterocycles. The van der Waals surface area contributed by atoms with E-state index in [1.807, 2.05) is 0 Å². The molecule has 33 heavy (non-hydrogen) atoms. The number of hydrogen-bond acceptors (Lipinski definition) is 4. The Morgan fingerprint density at radius 1 is 1.24 bits per heavy atom. The van der Waals surface area contributed by atoms with E-state index in [1.165, 1.54) is 18.2 Å². The molecule has 6 nitrogen and oxygen atoms in total. The summed E-state index contributed by atoms with van der Waals surface area (Å²) >= 11 is 6.10. The molecule has 180 valence electrons. The summed E-state index contributed by atoms with van der Waals surface area (Å²) in [6.45, 7) is 2.13. The molecule has 2 aromatic carbocycles. The number of piperidine rings is 1. The second kappa shape index (κ2) is 9.86. The van der Waals surface area contributed by atoms with Gasteiger partial charge in [-0.3, -0.25) is 4.79 Å². The topological polar surface area (TPSA) is 75.7 Å². The second-order valence-electron chi connectivity index (χ2n) is 7.41. The number of halogens is 5. The number of nitrogens with one attached hydrogen (secondary N) is 1. The highest BCUT2D eigenvalue weighted by atomic mass is 35.5. The van der Waals surface area contributed by atoms with E-state index < -0.39 is 39.4 Å². The van der Waals surface area contributed by atoms with E-state index in [4.69, 9.17) is 16.3 Å². The van der Waals surface area contributed by atoms with Crippen LogP contribution in [0.15, 0.2) is 41.3 Å². The lowest BCUT2D eigenvalue weighted by atomic mass is 9.98. The molecule has 0 aliphatic carbocycles. The van der Waals surface area contributed by atoms with Crippen molar-refractivity contribution in [2.45, 2.75) is 30.8 Å². The number of ether oxygens (including phenoxy) is 1. The number of anilines is 1. The van der Waals surface area contributed by atoms with Gasteiger partial charge in [-0.15, -0.1) is 0 Å². The summed E-state index contributed by atoms with van der Waals surface area (Å²) in [4.78, 5) is 12.6. The lowest BCUT2D eigenvalue weighted by Crippen LogP contribution is -2.43. The number of carbonyl (C=O) groups excluding carboxylic acids is 1. The standard InChI is InChI=1S/C21H21ClF4N2O4S/c1-2-32-19-8-6-15(11-17(19)22)33(30,31)28-9-3-4-13(12-28)20(29)27-14-5-7-18(23)16(10-14)21(24,25)26/h5-8,10-11,13H,2-4,9,12H2,1H3,(H,27,29)/t13-/m1/s1. The quantitative estimate of drug-likeness (QED) is 0.561. The van der Waals surface area contributed by atoms with Crippen LogP contribution in [0, 0.1) is 11.7 Å². The molecule has 1 fully saturated rings. The van der Waals surface area contributed by atoms with Crippen molar-refractivity contribution in [3.8, 4) is 5.75 Å². The lowest BCUT2D eigenvalue weighted by molar-refractivity contribution is -0.140. The Bertz CT molecular complexity index is 1140. The van der Waals surface area contributed by atoms with Gasteiger partial charge in [0.25, 0.3) is 0 Å². The summed E-state index contributed by atoms with van der Waals surface area (Å²) in [7, 11) is -3.97. The number of sulfonamides is 1. The summed E-state index contributed by atoms with van der Waals surface area (Å²) in [5.74, 6) is -2.57. The number of benzene rings is 2. The van der Waals surface area contributed by atoms with Gasteiger partial charge in [0.1, 0.15) is 11.6 Å². The predicted molar refractivity (Wildman–Crippen MR) is 114 cm³/mol. The van der Waals surface area contributed by atoms with E-state index in [0.29, 0.717) is 37.3 Å². The maximum Gasteiger partial charge on any atom is 0.419 e.